The number of nitrogens with one attached hydrogen (secondary N) is 1. The minimum absolute atomic E-state index is 0.176. The van der Waals surface area contributed by atoms with Crippen LogP contribution in [0.3, 0.4) is 0 Å². The van der Waals surface area contributed by atoms with E-state index in [2.05, 4.69) is 11.1 Å². The number of dihydropyridines is 1. The van der Waals surface area contributed by atoms with E-state index in [1.165, 1.54) is 11.8 Å². The van der Waals surface area contributed by atoms with Gasteiger partial charge in [0.2, 0.25) is 0 Å². The van der Waals surface area contributed by atoms with Crippen LogP contribution in [0.25, 0.3) is 0 Å². The molecule has 4 heteroatoms. The molecule has 1 aliphatic heterocycles. The first kappa shape index (κ1) is 8.33. The molecule has 0 fully saturated rings. The Bertz CT molecular complexity index is 198. The van der Waals surface area contributed by atoms with Crippen LogP contribution in [0.2, 0.25) is 0 Å². The van der Waals surface area contributed by atoms with E-state index in [-0.39, 0.29) is 5.17 Å². The van der Waals surface area contributed by atoms with Crippen LogP contribution < -0.4 is 5.73 Å². The van der Waals surface area contributed by atoms with Crippen LogP contribution in [0.4, 0.5) is 0 Å². The van der Waals surface area contributed by atoms with E-state index >= 15 is 0 Å². The Kier molecular flexibility index (Phi) is 3.16. The zero-order valence-electron chi connectivity index (χ0n) is 6.16. The van der Waals surface area contributed by atoms with Crippen molar-refractivity contribution < 1.29 is 0 Å². The van der Waals surface area contributed by atoms with Crippen molar-refractivity contribution in [3.05, 3.63) is 12.2 Å². The third kappa shape index (κ3) is 3.23. The minimum atomic E-state index is 0.176. The first-order chi connectivity index (χ1) is 5.29. The number of nitrogens with zero attached hydrogens (tertiary/aromatic N) is 1. The summed E-state index contributed by atoms with van der Waals surface area (Å²) >= 11 is 1.35. The highest BCUT2D eigenvalue weighted by molar-refractivity contribution is 8.13. The van der Waals surface area contributed by atoms with Gasteiger partial charge in [-0.05, 0) is 12.5 Å². The van der Waals surface area contributed by atoms with Crippen LogP contribution in [0.1, 0.15) is 6.42 Å². The summed E-state index contributed by atoms with van der Waals surface area (Å²) in [5, 5.41) is 7.16. The third-order valence-corrected chi connectivity index (χ3v) is 2.22. The number of aliphatic imine (C=N–C) groups is 1. The molecule has 0 aromatic carbocycles. The monoisotopic (exact) mass is 169 g/mol. The average molecular weight is 169 g/mol. The van der Waals surface area contributed by atoms with Crippen LogP contribution in [-0.4, -0.2) is 23.2 Å². The van der Waals surface area contributed by atoms with Crippen molar-refractivity contribution in [3.8, 4) is 0 Å². The molecule has 60 valence electrons. The lowest BCUT2D eigenvalue weighted by molar-refractivity contribution is 0.769. The van der Waals surface area contributed by atoms with Gasteiger partial charge in [-0.15, -0.1) is 0 Å². The Labute approximate surface area is 70.3 Å². The molecule has 0 bridgehead atoms. The van der Waals surface area contributed by atoms with Gasteiger partial charge >= 0.3 is 0 Å². The summed E-state index contributed by atoms with van der Waals surface area (Å²) < 4.78 is 0. The van der Waals surface area contributed by atoms with Gasteiger partial charge in [0.05, 0.1) is 6.04 Å². The largest absolute Gasteiger partial charge is 0.379 e. The van der Waals surface area contributed by atoms with Crippen molar-refractivity contribution in [2.45, 2.75) is 12.5 Å². The SMILES string of the molecule is N=C(N)SCC1CC=CC=N1. The van der Waals surface area contributed by atoms with Crippen LogP contribution in [0.15, 0.2) is 17.1 Å². The van der Waals surface area contributed by atoms with Crippen LogP contribution >= 0.6 is 11.8 Å². The molecule has 3 N–H and O–H groups in total. The highest BCUT2D eigenvalue weighted by atomic mass is 32.2. The Morgan fingerprint density at radius 2 is 2.64 bits per heavy atom. The quantitative estimate of drug-likeness (QED) is 0.478. The molecule has 3 nitrogen and oxygen atoms in total. The van der Waals surface area contributed by atoms with Crippen molar-refractivity contribution in [2.75, 3.05) is 5.75 Å². The van der Waals surface area contributed by atoms with Gasteiger partial charge in [0, 0.05) is 12.0 Å². The second kappa shape index (κ2) is 4.18. The molecular weight excluding hydrogens is 158 g/mol. The molecule has 1 aliphatic rings. The van der Waals surface area contributed by atoms with Gasteiger partial charge in [-0.3, -0.25) is 10.4 Å². The topological polar surface area (TPSA) is 62.2 Å². The van der Waals surface area contributed by atoms with Gasteiger partial charge in [-0.1, -0.05) is 17.8 Å². The molecule has 0 amide bonds. The van der Waals surface area contributed by atoms with Gasteiger partial charge in [0.15, 0.2) is 5.17 Å². The number of hydrogen-bond donors (Lipinski definition) is 2. The van der Waals surface area contributed by atoms with E-state index in [0.717, 1.165) is 12.2 Å². The predicted octanol–water partition coefficient (Wildman–Crippen LogP) is 1.01. The summed E-state index contributed by atoms with van der Waals surface area (Å²) in [6.07, 6.45) is 6.79. The minimum Gasteiger partial charge on any atom is -0.379 e. The van der Waals surface area contributed by atoms with Crippen LogP contribution in [0, 0.1) is 5.41 Å². The van der Waals surface area contributed by atoms with Gasteiger partial charge in [-0.2, -0.15) is 0 Å². The fourth-order valence-corrected chi connectivity index (χ4v) is 1.42. The molecular formula is C7H11N3S. The molecule has 1 atom stereocenters. The standard InChI is InChI=1S/C7H11N3S/c8-7(9)11-5-6-3-1-2-4-10-6/h1-2,4,6H,3,5H2,(H3,8,9). The van der Waals surface area contributed by atoms with E-state index in [1.807, 2.05) is 6.08 Å². The summed E-state index contributed by atoms with van der Waals surface area (Å²) in [7, 11) is 0. The van der Waals surface area contributed by atoms with Crippen molar-refractivity contribution in [1.29, 1.82) is 5.41 Å². The second-order valence-corrected chi connectivity index (χ2v) is 3.35. The van der Waals surface area contributed by atoms with Gasteiger partial charge < -0.3 is 5.73 Å². The lowest BCUT2D eigenvalue weighted by Gasteiger charge is -2.10. The zero-order chi connectivity index (χ0) is 8.10. The number of hydrogen-bond acceptors (Lipinski definition) is 3. The van der Waals surface area contributed by atoms with Crippen molar-refractivity contribution in [2.24, 2.45) is 10.7 Å². The molecule has 0 aliphatic carbocycles. The molecule has 0 radical (unpaired) electrons. The zero-order valence-corrected chi connectivity index (χ0v) is 6.97. The van der Waals surface area contributed by atoms with E-state index < -0.39 is 0 Å². The van der Waals surface area contributed by atoms with E-state index in [4.69, 9.17) is 11.1 Å². The predicted molar refractivity (Wildman–Crippen MR) is 50.4 cm³/mol. The number of thioether (sulfide) groups is 1. The molecule has 1 rings (SSSR count). The summed E-state index contributed by atoms with van der Waals surface area (Å²) in [5.74, 6) is 0.816. The van der Waals surface area contributed by atoms with E-state index in [1.54, 1.807) is 6.21 Å². The van der Waals surface area contributed by atoms with Crippen molar-refractivity contribution in [1.82, 2.24) is 0 Å². The molecule has 1 heterocycles. The van der Waals surface area contributed by atoms with E-state index in [9.17, 15) is 0 Å². The summed E-state index contributed by atoms with van der Waals surface area (Å²) in [6.45, 7) is 0. The first-order valence-corrected chi connectivity index (χ1v) is 4.42. The number of allylic oxidation sites excluding steroid dienone is 1. The van der Waals surface area contributed by atoms with Crippen LogP contribution in [-0.2, 0) is 0 Å². The van der Waals surface area contributed by atoms with Gasteiger partial charge in [-0.25, -0.2) is 0 Å². The molecule has 0 aromatic rings. The Hall–Kier alpha value is -0.770. The molecule has 1 unspecified atom stereocenters. The Balaban J connectivity index is 2.22. The summed E-state index contributed by atoms with van der Waals surface area (Å²) in [5.41, 5.74) is 5.19. The first-order valence-electron chi connectivity index (χ1n) is 3.44. The highest BCUT2D eigenvalue weighted by Gasteiger charge is 2.06. The number of nitrogens with two attached hydrogens (primary N) is 1. The highest BCUT2D eigenvalue weighted by Crippen LogP contribution is 2.10. The summed E-state index contributed by atoms with van der Waals surface area (Å²) in [6, 6.07) is 0.314. The summed E-state index contributed by atoms with van der Waals surface area (Å²) in [4.78, 5) is 4.22. The molecule has 11 heavy (non-hydrogen) atoms. The fraction of sp³-hybridized carbons (Fsp3) is 0.429. The lowest BCUT2D eigenvalue weighted by Crippen LogP contribution is -2.13. The third-order valence-electron chi connectivity index (χ3n) is 1.36. The molecule has 0 spiro atoms. The van der Waals surface area contributed by atoms with E-state index in [0.29, 0.717) is 6.04 Å². The van der Waals surface area contributed by atoms with Crippen molar-refractivity contribution >= 4 is 23.1 Å². The maximum atomic E-state index is 6.98. The van der Waals surface area contributed by atoms with Gasteiger partial charge in [0.25, 0.3) is 0 Å². The lowest BCUT2D eigenvalue weighted by atomic mass is 10.2. The maximum Gasteiger partial charge on any atom is 0.151 e. The Morgan fingerprint density at radius 1 is 1.82 bits per heavy atom. The smallest absolute Gasteiger partial charge is 0.151 e. The Morgan fingerprint density at radius 3 is 3.18 bits per heavy atom. The number of amidine groups is 1. The average Bonchev–Trinajstić information content (AvgIpc) is 2.03. The van der Waals surface area contributed by atoms with Gasteiger partial charge in [0.1, 0.15) is 0 Å². The molecule has 0 saturated carbocycles. The second-order valence-electron chi connectivity index (χ2n) is 2.29. The normalized spacial score (nSPS) is 22.0. The van der Waals surface area contributed by atoms with Crippen LogP contribution in [0.5, 0.6) is 0 Å². The molecule has 0 saturated heterocycles. The molecule has 0 aromatic heterocycles. The fourth-order valence-electron chi connectivity index (χ4n) is 0.826. The maximum absolute atomic E-state index is 6.98. The van der Waals surface area contributed by atoms with Crippen molar-refractivity contribution in [3.63, 3.8) is 0 Å². The number of rotatable bonds is 2.